The van der Waals surface area contributed by atoms with Crippen molar-refractivity contribution in [3.63, 3.8) is 0 Å². The first-order valence-electron chi connectivity index (χ1n) is 8.56. The van der Waals surface area contributed by atoms with E-state index in [1.54, 1.807) is 5.38 Å². The van der Waals surface area contributed by atoms with Gasteiger partial charge in [0, 0.05) is 10.3 Å². The van der Waals surface area contributed by atoms with Gasteiger partial charge in [-0.3, -0.25) is 25.2 Å². The zero-order valence-electron chi connectivity index (χ0n) is 15.1. The molecule has 29 heavy (non-hydrogen) atoms. The number of thiazole rings is 1. The lowest BCUT2D eigenvalue weighted by molar-refractivity contribution is -0.128. The summed E-state index contributed by atoms with van der Waals surface area (Å²) in [5.41, 5.74) is 5.72. The van der Waals surface area contributed by atoms with Crippen LogP contribution in [0.25, 0.3) is 0 Å². The Balaban J connectivity index is 1.40. The number of aromatic nitrogens is 1. The highest BCUT2D eigenvalue weighted by Crippen LogP contribution is 2.17. The molecular weight excluding hydrogens is 415 g/mol. The van der Waals surface area contributed by atoms with Crippen molar-refractivity contribution < 1.29 is 18.8 Å². The number of benzene rings is 1. The summed E-state index contributed by atoms with van der Waals surface area (Å²) in [6, 6.07) is 9.29. The lowest BCUT2D eigenvalue weighted by atomic mass is 10.1. The summed E-state index contributed by atoms with van der Waals surface area (Å²) in [5, 5.41) is 6.69. The number of carbonyl (C=O) groups excluding carboxylic acids is 3. The molecule has 3 aromatic rings. The first-order valence-corrected chi connectivity index (χ1v) is 10.3. The van der Waals surface area contributed by atoms with Crippen LogP contribution in [0.15, 0.2) is 47.2 Å². The summed E-state index contributed by atoms with van der Waals surface area (Å²) in [5.74, 6) is -1.43. The van der Waals surface area contributed by atoms with Crippen molar-refractivity contribution in [1.29, 1.82) is 0 Å². The van der Waals surface area contributed by atoms with E-state index in [1.165, 1.54) is 46.9 Å². The smallest absolute Gasteiger partial charge is 0.244 e. The number of carbonyl (C=O) groups is 3. The summed E-state index contributed by atoms with van der Waals surface area (Å²) in [7, 11) is 0. The molecule has 3 N–H and O–H groups in total. The number of anilines is 1. The lowest BCUT2D eigenvalue weighted by Gasteiger charge is -2.06. The molecule has 0 saturated carbocycles. The molecule has 1 aromatic carbocycles. The number of halogens is 1. The van der Waals surface area contributed by atoms with E-state index in [-0.39, 0.29) is 31.0 Å². The van der Waals surface area contributed by atoms with Gasteiger partial charge in [0.05, 0.1) is 25.0 Å². The Morgan fingerprint density at radius 3 is 2.31 bits per heavy atom. The van der Waals surface area contributed by atoms with E-state index < -0.39 is 11.8 Å². The van der Waals surface area contributed by atoms with Gasteiger partial charge in [-0.1, -0.05) is 18.2 Å². The van der Waals surface area contributed by atoms with Crippen LogP contribution in [0.5, 0.6) is 0 Å². The SMILES string of the molecule is O=C(Cc1ccc(F)cc1)NNC(=O)Cc1csc(NC(=O)Cc2cccs2)n1. The van der Waals surface area contributed by atoms with Crippen LogP contribution < -0.4 is 16.2 Å². The third-order valence-corrected chi connectivity index (χ3v) is 5.36. The van der Waals surface area contributed by atoms with Gasteiger partial charge in [-0.15, -0.1) is 22.7 Å². The van der Waals surface area contributed by atoms with Crippen molar-refractivity contribution in [2.24, 2.45) is 0 Å². The molecule has 0 bridgehead atoms. The van der Waals surface area contributed by atoms with Gasteiger partial charge in [-0.2, -0.15) is 0 Å². The zero-order chi connectivity index (χ0) is 20.6. The average molecular weight is 433 g/mol. The minimum Gasteiger partial charge on any atom is -0.302 e. The van der Waals surface area contributed by atoms with Crippen LogP contribution in [0.3, 0.4) is 0 Å². The molecular formula is C19H17FN4O3S2. The molecule has 2 heterocycles. The van der Waals surface area contributed by atoms with Crippen molar-refractivity contribution in [3.05, 3.63) is 69.1 Å². The lowest BCUT2D eigenvalue weighted by Crippen LogP contribution is -2.43. The van der Waals surface area contributed by atoms with E-state index in [0.29, 0.717) is 16.4 Å². The summed E-state index contributed by atoms with van der Waals surface area (Å²) in [6.07, 6.45) is 0.235. The van der Waals surface area contributed by atoms with Gasteiger partial charge >= 0.3 is 0 Å². The molecule has 0 radical (unpaired) electrons. The van der Waals surface area contributed by atoms with Gasteiger partial charge in [-0.25, -0.2) is 9.37 Å². The van der Waals surface area contributed by atoms with Gasteiger partial charge < -0.3 is 5.32 Å². The van der Waals surface area contributed by atoms with E-state index >= 15 is 0 Å². The standard InChI is InChI=1S/C19H17FN4O3S2/c20-13-5-3-12(4-6-13)8-17(26)23-24-18(27)9-14-11-29-19(21-14)22-16(25)10-15-2-1-7-28-15/h1-7,11H,8-10H2,(H,23,26)(H,24,27)(H,21,22,25). The number of nitrogens with zero attached hydrogens (tertiary/aromatic N) is 1. The molecule has 7 nitrogen and oxygen atoms in total. The van der Waals surface area contributed by atoms with Crippen LogP contribution in [0.2, 0.25) is 0 Å². The minimum atomic E-state index is -0.445. The van der Waals surface area contributed by atoms with Crippen molar-refractivity contribution in [2.75, 3.05) is 5.32 Å². The van der Waals surface area contributed by atoms with Gasteiger partial charge in [0.2, 0.25) is 17.7 Å². The Bertz CT molecular complexity index is 987. The topological polar surface area (TPSA) is 100 Å². The molecule has 0 aliphatic rings. The number of hydrazine groups is 1. The predicted octanol–water partition coefficient (Wildman–Crippen LogP) is 2.46. The van der Waals surface area contributed by atoms with Crippen LogP contribution in [0, 0.1) is 5.82 Å². The number of hydrogen-bond donors (Lipinski definition) is 3. The first-order chi connectivity index (χ1) is 14.0. The highest BCUT2D eigenvalue weighted by atomic mass is 32.1. The number of nitrogens with one attached hydrogen (secondary N) is 3. The molecule has 150 valence electrons. The summed E-state index contributed by atoms with van der Waals surface area (Å²) >= 11 is 2.72. The molecule has 0 unspecified atom stereocenters. The van der Waals surface area contributed by atoms with Gasteiger partial charge in [0.15, 0.2) is 5.13 Å². The highest BCUT2D eigenvalue weighted by molar-refractivity contribution is 7.14. The second-order valence-electron chi connectivity index (χ2n) is 6.02. The molecule has 0 atom stereocenters. The second-order valence-corrected chi connectivity index (χ2v) is 7.92. The zero-order valence-corrected chi connectivity index (χ0v) is 16.7. The van der Waals surface area contributed by atoms with E-state index in [0.717, 1.165) is 4.88 Å². The molecule has 3 amide bonds. The molecule has 0 spiro atoms. The van der Waals surface area contributed by atoms with Crippen molar-refractivity contribution in [1.82, 2.24) is 15.8 Å². The second kappa shape index (κ2) is 9.89. The Morgan fingerprint density at radius 1 is 0.897 bits per heavy atom. The Kier molecular flexibility index (Phi) is 7.04. The fourth-order valence-corrected chi connectivity index (χ4v) is 3.79. The first kappa shape index (κ1) is 20.6. The molecule has 0 fully saturated rings. The van der Waals surface area contributed by atoms with Crippen molar-refractivity contribution in [3.8, 4) is 0 Å². The number of amides is 3. The van der Waals surface area contributed by atoms with Crippen LogP contribution in [-0.2, 0) is 33.6 Å². The summed E-state index contributed by atoms with van der Waals surface area (Å²) in [4.78, 5) is 40.9. The number of hydrogen-bond acceptors (Lipinski definition) is 6. The Hall–Kier alpha value is -3.11. The Morgan fingerprint density at radius 2 is 1.62 bits per heavy atom. The van der Waals surface area contributed by atoms with Gasteiger partial charge in [0.1, 0.15) is 5.82 Å². The van der Waals surface area contributed by atoms with E-state index in [9.17, 15) is 18.8 Å². The van der Waals surface area contributed by atoms with E-state index in [2.05, 4.69) is 21.2 Å². The predicted molar refractivity (Wildman–Crippen MR) is 109 cm³/mol. The molecule has 10 heteroatoms. The van der Waals surface area contributed by atoms with Crippen LogP contribution >= 0.6 is 22.7 Å². The third kappa shape index (κ3) is 6.77. The summed E-state index contributed by atoms with van der Waals surface area (Å²) < 4.78 is 12.9. The number of rotatable bonds is 7. The molecule has 3 rings (SSSR count). The summed E-state index contributed by atoms with van der Waals surface area (Å²) in [6.45, 7) is 0. The fraction of sp³-hybridized carbons (Fsp3) is 0.158. The molecule has 0 aliphatic heterocycles. The maximum Gasteiger partial charge on any atom is 0.244 e. The average Bonchev–Trinajstić information content (AvgIpc) is 3.34. The van der Waals surface area contributed by atoms with Crippen molar-refractivity contribution >= 4 is 45.5 Å². The number of thiophene rings is 1. The molecule has 2 aromatic heterocycles. The van der Waals surface area contributed by atoms with Gasteiger partial charge in [0.25, 0.3) is 0 Å². The maximum absolute atomic E-state index is 12.9. The normalized spacial score (nSPS) is 10.4. The van der Waals surface area contributed by atoms with E-state index in [4.69, 9.17) is 0 Å². The van der Waals surface area contributed by atoms with E-state index in [1.807, 2.05) is 17.5 Å². The van der Waals surface area contributed by atoms with Crippen LogP contribution in [0.1, 0.15) is 16.1 Å². The van der Waals surface area contributed by atoms with Crippen molar-refractivity contribution in [2.45, 2.75) is 19.3 Å². The van der Waals surface area contributed by atoms with Gasteiger partial charge in [-0.05, 0) is 29.1 Å². The minimum absolute atomic E-state index is 0.0116. The molecule has 0 aliphatic carbocycles. The van der Waals surface area contributed by atoms with Crippen LogP contribution in [-0.4, -0.2) is 22.7 Å². The largest absolute Gasteiger partial charge is 0.302 e. The highest BCUT2D eigenvalue weighted by Gasteiger charge is 2.12. The van der Waals surface area contributed by atoms with Crippen LogP contribution in [0.4, 0.5) is 9.52 Å². The Labute approximate surface area is 174 Å². The fourth-order valence-electron chi connectivity index (χ4n) is 2.36. The maximum atomic E-state index is 12.9. The monoisotopic (exact) mass is 432 g/mol. The third-order valence-electron chi connectivity index (χ3n) is 3.67. The molecule has 0 saturated heterocycles. The quantitative estimate of drug-likeness (QED) is 0.499.